The molecule has 2 aliphatic heterocycles. The van der Waals surface area contributed by atoms with Gasteiger partial charge in [-0.15, -0.1) is 0 Å². The van der Waals surface area contributed by atoms with E-state index in [1.54, 1.807) is 7.05 Å². The van der Waals surface area contributed by atoms with Crippen molar-refractivity contribution in [3.8, 4) is 11.5 Å². The number of isothiocyanates is 1. The Kier molecular flexibility index (Phi) is 5.93. The Morgan fingerprint density at radius 2 is 1.36 bits per heavy atom. The maximum absolute atomic E-state index is 12.8. The number of rotatable bonds is 2. The van der Waals surface area contributed by atoms with Gasteiger partial charge in [-0.1, -0.05) is 18.2 Å². The van der Waals surface area contributed by atoms with E-state index in [0.29, 0.717) is 17.1 Å². The molecular weight excluding hydrogens is 434 g/mol. The van der Waals surface area contributed by atoms with Crippen molar-refractivity contribution in [2.45, 2.75) is 5.60 Å². The Labute approximate surface area is 199 Å². The summed E-state index contributed by atoms with van der Waals surface area (Å²) < 4.78 is 12.5. The second-order valence-electron chi connectivity index (χ2n) is 8.18. The van der Waals surface area contributed by atoms with Gasteiger partial charge in [0.25, 0.3) is 0 Å². The molecule has 1 spiro atoms. The van der Waals surface area contributed by atoms with Crippen LogP contribution in [-0.2, 0) is 10.3 Å². The number of carbonyl (C=O) groups is 1. The lowest BCUT2D eigenvalue weighted by Gasteiger charge is -2.37. The Morgan fingerprint density at radius 1 is 0.848 bits per heavy atom. The van der Waals surface area contributed by atoms with Crippen LogP contribution in [0.2, 0.25) is 0 Å². The number of carbonyl (C=O) groups excluding carboxylic acids is 1. The summed E-state index contributed by atoms with van der Waals surface area (Å²) in [5.41, 5.74) is 4.16. The van der Waals surface area contributed by atoms with Gasteiger partial charge in [0.1, 0.15) is 11.5 Å². The molecule has 7 heteroatoms. The highest BCUT2D eigenvalue weighted by molar-refractivity contribution is 7.78. The first-order valence-electron chi connectivity index (χ1n) is 10.4. The number of aliphatic imine (C=N–C) groups is 1. The lowest BCUT2D eigenvalue weighted by molar-refractivity contribution is 0.0224. The van der Waals surface area contributed by atoms with Gasteiger partial charge in [0.2, 0.25) is 0 Å². The molecule has 33 heavy (non-hydrogen) atoms. The fourth-order valence-electron chi connectivity index (χ4n) is 4.21. The predicted octanol–water partition coefficient (Wildman–Crippen LogP) is 5.11. The molecule has 6 nitrogen and oxygen atoms in total. The van der Waals surface area contributed by atoms with E-state index in [1.165, 1.54) is 0 Å². The topological polar surface area (TPSA) is 54.4 Å². The maximum atomic E-state index is 12.8. The fraction of sp³-hybridized carbons (Fsp3) is 0.231. The highest BCUT2D eigenvalue weighted by Crippen LogP contribution is 2.56. The first-order valence-corrected chi connectivity index (χ1v) is 10.8. The van der Waals surface area contributed by atoms with Crippen LogP contribution < -0.4 is 14.5 Å². The summed E-state index contributed by atoms with van der Waals surface area (Å²) in [5, 5.41) is 2.14. The van der Waals surface area contributed by atoms with Gasteiger partial charge in [0.15, 0.2) is 5.60 Å². The molecule has 0 aromatic heterocycles. The molecule has 3 aromatic rings. The number of benzene rings is 3. The van der Waals surface area contributed by atoms with Gasteiger partial charge in [0.05, 0.1) is 10.7 Å². The highest BCUT2D eigenvalue weighted by atomic mass is 32.1. The molecule has 0 atom stereocenters. The van der Waals surface area contributed by atoms with Gasteiger partial charge < -0.3 is 19.3 Å². The smallest absolute Gasteiger partial charge is 0.340 e. The number of ether oxygens (including phenoxy) is 2. The van der Waals surface area contributed by atoms with Crippen molar-refractivity contribution < 1.29 is 14.3 Å². The minimum atomic E-state index is -1.01. The second kappa shape index (κ2) is 8.70. The molecule has 0 unspecified atom stereocenters. The van der Waals surface area contributed by atoms with Gasteiger partial charge in [-0.3, -0.25) is 0 Å². The van der Waals surface area contributed by atoms with E-state index < -0.39 is 5.60 Å². The van der Waals surface area contributed by atoms with Gasteiger partial charge in [-0.2, -0.15) is 0 Å². The zero-order valence-corrected chi connectivity index (χ0v) is 20.1. The third-order valence-corrected chi connectivity index (χ3v) is 5.99. The van der Waals surface area contributed by atoms with E-state index in [1.807, 2.05) is 98.7 Å². The third kappa shape index (κ3) is 3.65. The second-order valence-corrected chi connectivity index (χ2v) is 8.37. The zero-order valence-electron chi connectivity index (χ0n) is 19.2. The zero-order chi connectivity index (χ0) is 23.8. The quantitative estimate of drug-likeness (QED) is 0.302. The molecule has 0 fully saturated rings. The first-order chi connectivity index (χ1) is 15.8. The third-order valence-electron chi connectivity index (χ3n) is 5.81. The van der Waals surface area contributed by atoms with Crippen LogP contribution in [0.3, 0.4) is 0 Å². The molecule has 0 bridgehead atoms. The van der Waals surface area contributed by atoms with Crippen molar-refractivity contribution in [2.75, 3.05) is 45.0 Å². The van der Waals surface area contributed by atoms with Gasteiger partial charge in [-0.25, -0.2) is 9.79 Å². The standard InChI is InChI=1S/C24H22N2O3.C2H3NS/c1-25(2)15-9-11-19-21(13-15)28-22-14-16(26(3)4)10-12-20(22)24(19)18-8-6-5-7-17(18)23(27)29-24;1-3-2-4/h5-14H,1-4H3;1H3. The molecule has 0 saturated carbocycles. The van der Waals surface area contributed by atoms with E-state index >= 15 is 0 Å². The van der Waals surface area contributed by atoms with Crippen molar-refractivity contribution >= 4 is 34.7 Å². The average Bonchev–Trinajstić information content (AvgIpc) is 3.11. The van der Waals surface area contributed by atoms with Crippen LogP contribution in [0, 0.1) is 0 Å². The largest absolute Gasteiger partial charge is 0.456 e. The summed E-state index contributed by atoms with van der Waals surface area (Å²) in [7, 11) is 9.55. The van der Waals surface area contributed by atoms with Crippen LogP contribution in [0.1, 0.15) is 27.0 Å². The number of thiocarbonyl (C=S) groups is 1. The number of fused-ring (bicyclic) bond motifs is 6. The van der Waals surface area contributed by atoms with E-state index in [2.05, 4.69) is 22.4 Å². The van der Waals surface area contributed by atoms with Gasteiger partial charge in [-0.05, 0) is 42.5 Å². The first kappa shape index (κ1) is 22.5. The molecule has 0 amide bonds. The summed E-state index contributed by atoms with van der Waals surface area (Å²) in [6, 6.07) is 19.7. The lowest BCUT2D eigenvalue weighted by atomic mass is 9.77. The monoisotopic (exact) mass is 459 g/mol. The summed E-state index contributed by atoms with van der Waals surface area (Å²) in [6.45, 7) is 0. The number of nitrogens with zero attached hydrogens (tertiary/aromatic N) is 3. The van der Waals surface area contributed by atoms with E-state index in [9.17, 15) is 4.79 Å². The van der Waals surface area contributed by atoms with Crippen molar-refractivity contribution in [1.82, 2.24) is 0 Å². The summed E-state index contributed by atoms with van der Waals surface area (Å²) in [6.07, 6.45) is 0. The van der Waals surface area contributed by atoms with Crippen LogP contribution >= 0.6 is 12.2 Å². The van der Waals surface area contributed by atoms with Crippen LogP contribution in [0.25, 0.3) is 0 Å². The van der Waals surface area contributed by atoms with E-state index in [-0.39, 0.29) is 5.97 Å². The predicted molar refractivity (Wildman–Crippen MR) is 134 cm³/mol. The summed E-state index contributed by atoms with van der Waals surface area (Å²) in [4.78, 5) is 20.2. The highest BCUT2D eigenvalue weighted by Gasteiger charge is 2.53. The Hall–Kier alpha value is -3.67. The molecule has 0 N–H and O–H groups in total. The van der Waals surface area contributed by atoms with Crippen molar-refractivity contribution in [3.63, 3.8) is 0 Å². The van der Waals surface area contributed by atoms with Gasteiger partial charge in [0, 0.05) is 75.4 Å². The number of esters is 1. The van der Waals surface area contributed by atoms with Crippen molar-refractivity contribution in [2.24, 2.45) is 4.99 Å². The number of hydrogen-bond donors (Lipinski definition) is 0. The van der Waals surface area contributed by atoms with E-state index in [4.69, 9.17) is 9.47 Å². The molecular formula is C26H25N3O3S. The molecule has 5 rings (SSSR count). The summed E-state index contributed by atoms with van der Waals surface area (Å²) in [5.74, 6) is 1.08. The molecule has 0 radical (unpaired) electrons. The van der Waals surface area contributed by atoms with Crippen LogP contribution in [-0.4, -0.2) is 46.4 Å². The molecule has 3 aromatic carbocycles. The summed E-state index contributed by atoms with van der Waals surface area (Å²) >= 11 is 4.14. The Balaban J connectivity index is 0.000000601. The fourth-order valence-corrected chi connectivity index (χ4v) is 4.21. The number of hydrogen-bond acceptors (Lipinski definition) is 7. The van der Waals surface area contributed by atoms with Crippen molar-refractivity contribution in [1.29, 1.82) is 0 Å². The van der Waals surface area contributed by atoms with Gasteiger partial charge >= 0.3 is 5.97 Å². The normalized spacial score (nSPS) is 13.8. The van der Waals surface area contributed by atoms with Crippen LogP contribution in [0.15, 0.2) is 65.7 Å². The average molecular weight is 460 g/mol. The van der Waals surface area contributed by atoms with Crippen LogP contribution in [0.4, 0.5) is 11.4 Å². The Morgan fingerprint density at radius 3 is 1.85 bits per heavy atom. The minimum Gasteiger partial charge on any atom is -0.456 e. The number of anilines is 2. The SMILES string of the molecule is CN(C)c1ccc2c(c1)Oc1cc(N(C)C)ccc1C21OC(=O)c2ccccc21.CN=C=S. The van der Waals surface area contributed by atoms with Crippen LogP contribution in [0.5, 0.6) is 11.5 Å². The molecule has 0 aliphatic carbocycles. The minimum absolute atomic E-state index is 0.312. The lowest BCUT2D eigenvalue weighted by Crippen LogP contribution is -2.33. The molecule has 2 heterocycles. The van der Waals surface area contributed by atoms with E-state index in [0.717, 1.165) is 28.1 Å². The van der Waals surface area contributed by atoms with Crippen molar-refractivity contribution in [3.05, 3.63) is 82.9 Å². The molecule has 168 valence electrons. The molecule has 2 aliphatic rings. The Bertz CT molecular complexity index is 1220. The maximum Gasteiger partial charge on any atom is 0.340 e. The molecule has 0 saturated heterocycles.